The van der Waals surface area contributed by atoms with Crippen LogP contribution in [0, 0.1) is 0 Å². The molecule has 8 nitrogen and oxygen atoms in total. The summed E-state index contributed by atoms with van der Waals surface area (Å²) < 4.78 is 2.92. The molecule has 34 heavy (non-hydrogen) atoms. The minimum Gasteiger partial charge on any atom is -0.350 e. The van der Waals surface area contributed by atoms with Crippen LogP contribution in [0.25, 0.3) is 10.2 Å². The first-order chi connectivity index (χ1) is 16.4. The van der Waals surface area contributed by atoms with E-state index in [1.54, 1.807) is 33.1 Å². The van der Waals surface area contributed by atoms with Crippen LogP contribution in [-0.2, 0) is 0 Å². The van der Waals surface area contributed by atoms with Crippen molar-refractivity contribution in [1.82, 2.24) is 19.8 Å². The van der Waals surface area contributed by atoms with Crippen LogP contribution in [0.1, 0.15) is 47.0 Å². The van der Waals surface area contributed by atoms with E-state index in [-0.39, 0.29) is 29.6 Å². The summed E-state index contributed by atoms with van der Waals surface area (Å²) >= 11 is 1.64. The van der Waals surface area contributed by atoms with Gasteiger partial charge < -0.3 is 19.7 Å². The number of aromatic nitrogens is 2. The molecule has 0 aliphatic carbocycles. The van der Waals surface area contributed by atoms with E-state index in [9.17, 15) is 14.4 Å². The predicted octanol–water partition coefficient (Wildman–Crippen LogP) is 3.31. The van der Waals surface area contributed by atoms with E-state index in [1.807, 2.05) is 32.0 Å². The second-order valence-corrected chi connectivity index (χ2v) is 9.37. The number of thiazole rings is 1. The van der Waals surface area contributed by atoms with Crippen molar-refractivity contribution >= 4 is 38.5 Å². The zero-order valence-electron chi connectivity index (χ0n) is 19.5. The van der Waals surface area contributed by atoms with Gasteiger partial charge in [-0.05, 0) is 25.5 Å². The molecule has 2 aromatic heterocycles. The van der Waals surface area contributed by atoms with Crippen molar-refractivity contribution in [2.24, 2.45) is 0 Å². The quantitative estimate of drug-likeness (QED) is 0.526. The first kappa shape index (κ1) is 23.7. The van der Waals surface area contributed by atoms with E-state index in [0.29, 0.717) is 26.2 Å². The van der Waals surface area contributed by atoms with Crippen LogP contribution >= 0.6 is 11.3 Å². The van der Waals surface area contributed by atoms with Crippen LogP contribution in [0.5, 0.6) is 0 Å². The lowest BCUT2D eigenvalue weighted by molar-refractivity contribution is 0.0744. The number of hydrogen-bond acceptors (Lipinski definition) is 6. The topological polar surface area (TPSA) is 87.5 Å². The van der Waals surface area contributed by atoms with Crippen molar-refractivity contribution in [2.45, 2.75) is 26.3 Å². The number of nitrogens with one attached hydrogen (secondary N) is 1. The SMILES string of the molecule is C=CCNC(=O)c1cn([C@@H](C)CC)cc(C(=O)N2CCN(c3nc4ccccc4s3)CC2)c1=O. The standard InChI is InChI=1S/C25H29N5O3S/c1-4-10-26-23(32)18-15-30(17(3)5-2)16-19(22(18)31)24(33)28-11-13-29(14-12-28)25-27-20-8-6-7-9-21(20)34-25/h4,6-9,15-17H,1,5,10-14H2,2-3H3,(H,26,32)/t17-/m0/s1. The van der Waals surface area contributed by atoms with Gasteiger partial charge >= 0.3 is 0 Å². The fourth-order valence-corrected chi connectivity index (χ4v) is 4.92. The van der Waals surface area contributed by atoms with Gasteiger partial charge in [-0.3, -0.25) is 14.4 Å². The molecule has 4 rings (SSSR count). The van der Waals surface area contributed by atoms with E-state index < -0.39 is 11.3 Å². The molecule has 1 atom stereocenters. The molecule has 9 heteroatoms. The Kier molecular flexibility index (Phi) is 7.12. The second kappa shape index (κ2) is 10.2. The van der Waals surface area contributed by atoms with Gasteiger partial charge in [-0.25, -0.2) is 4.98 Å². The number of carbonyl (C=O) groups is 2. The van der Waals surface area contributed by atoms with Gasteiger partial charge in [0, 0.05) is 51.2 Å². The molecule has 1 aromatic carbocycles. The van der Waals surface area contributed by atoms with Crippen LogP contribution < -0.4 is 15.6 Å². The van der Waals surface area contributed by atoms with Crippen molar-refractivity contribution in [3.05, 3.63) is 70.7 Å². The Morgan fingerprint density at radius 3 is 2.56 bits per heavy atom. The summed E-state index contributed by atoms with van der Waals surface area (Å²) in [4.78, 5) is 47.7. The summed E-state index contributed by atoms with van der Waals surface area (Å²) in [6, 6.07) is 8.06. The zero-order chi connectivity index (χ0) is 24.2. The first-order valence-electron chi connectivity index (χ1n) is 11.5. The average Bonchev–Trinajstić information content (AvgIpc) is 3.31. The molecule has 1 aliphatic heterocycles. The number of benzene rings is 1. The number of anilines is 1. The van der Waals surface area contributed by atoms with Crippen molar-refractivity contribution in [3.63, 3.8) is 0 Å². The fourth-order valence-electron chi connectivity index (χ4n) is 3.90. The summed E-state index contributed by atoms with van der Waals surface area (Å²) in [6.07, 6.45) is 5.47. The second-order valence-electron chi connectivity index (χ2n) is 8.36. The van der Waals surface area contributed by atoms with Crippen LogP contribution in [0.15, 0.2) is 54.1 Å². The lowest BCUT2D eigenvalue weighted by Gasteiger charge is -2.34. The third-order valence-corrected chi connectivity index (χ3v) is 7.24. The Hall–Kier alpha value is -3.46. The monoisotopic (exact) mass is 479 g/mol. The lowest BCUT2D eigenvalue weighted by Crippen LogP contribution is -2.50. The van der Waals surface area contributed by atoms with Gasteiger partial charge in [0.05, 0.1) is 10.2 Å². The number of para-hydroxylation sites is 1. The van der Waals surface area contributed by atoms with Crippen LogP contribution in [0.4, 0.5) is 5.13 Å². The van der Waals surface area contributed by atoms with E-state index in [0.717, 1.165) is 21.8 Å². The third kappa shape index (κ3) is 4.75. The normalized spacial score (nSPS) is 14.8. The Morgan fingerprint density at radius 1 is 1.18 bits per heavy atom. The molecule has 0 saturated carbocycles. The van der Waals surface area contributed by atoms with Gasteiger partial charge in [-0.2, -0.15) is 0 Å². The summed E-state index contributed by atoms with van der Waals surface area (Å²) in [6.45, 7) is 10.0. The maximum atomic E-state index is 13.4. The molecular formula is C25H29N5O3S. The van der Waals surface area contributed by atoms with Crippen molar-refractivity contribution in [1.29, 1.82) is 0 Å². The molecule has 178 valence electrons. The highest BCUT2D eigenvalue weighted by atomic mass is 32.1. The maximum Gasteiger partial charge on any atom is 0.259 e. The van der Waals surface area contributed by atoms with Crippen LogP contribution in [0.2, 0.25) is 0 Å². The molecule has 0 radical (unpaired) electrons. The predicted molar refractivity (Wildman–Crippen MR) is 136 cm³/mol. The number of piperazine rings is 1. The Balaban J connectivity index is 1.55. The maximum absolute atomic E-state index is 13.4. The van der Waals surface area contributed by atoms with Gasteiger partial charge in [0.25, 0.3) is 11.8 Å². The molecule has 3 heterocycles. The highest BCUT2D eigenvalue weighted by Crippen LogP contribution is 2.29. The third-order valence-electron chi connectivity index (χ3n) is 6.15. The molecule has 1 fully saturated rings. The number of nitrogens with zero attached hydrogens (tertiary/aromatic N) is 4. The molecular weight excluding hydrogens is 450 g/mol. The fraction of sp³-hybridized carbons (Fsp3) is 0.360. The zero-order valence-corrected chi connectivity index (χ0v) is 20.3. The first-order valence-corrected chi connectivity index (χ1v) is 12.3. The molecule has 2 amide bonds. The largest absolute Gasteiger partial charge is 0.350 e. The van der Waals surface area contributed by atoms with E-state index in [4.69, 9.17) is 4.98 Å². The van der Waals surface area contributed by atoms with E-state index >= 15 is 0 Å². The van der Waals surface area contributed by atoms with E-state index in [1.165, 1.54) is 6.20 Å². The summed E-state index contributed by atoms with van der Waals surface area (Å²) in [7, 11) is 0. The van der Waals surface area contributed by atoms with Gasteiger partial charge in [-0.15, -0.1) is 6.58 Å². The highest BCUT2D eigenvalue weighted by Gasteiger charge is 2.27. The molecule has 0 bridgehead atoms. The number of hydrogen-bond donors (Lipinski definition) is 1. The molecule has 1 N–H and O–H groups in total. The van der Waals surface area contributed by atoms with Gasteiger partial charge in [0.15, 0.2) is 5.13 Å². The minimum absolute atomic E-state index is 0.0267. The highest BCUT2D eigenvalue weighted by molar-refractivity contribution is 7.22. The number of fused-ring (bicyclic) bond motifs is 1. The van der Waals surface area contributed by atoms with Crippen LogP contribution in [0.3, 0.4) is 0 Å². The summed E-state index contributed by atoms with van der Waals surface area (Å²) in [5.41, 5.74) is 0.430. The van der Waals surface area contributed by atoms with Crippen molar-refractivity contribution in [2.75, 3.05) is 37.6 Å². The summed E-state index contributed by atoms with van der Waals surface area (Å²) in [5.74, 6) is -0.846. The van der Waals surface area contributed by atoms with E-state index in [2.05, 4.69) is 22.9 Å². The van der Waals surface area contributed by atoms with Crippen LogP contribution in [-0.4, -0.2) is 59.0 Å². The average molecular weight is 480 g/mol. The van der Waals surface area contributed by atoms with Crippen molar-refractivity contribution < 1.29 is 9.59 Å². The number of rotatable bonds is 7. The number of amides is 2. The Labute approximate surface area is 202 Å². The summed E-state index contributed by atoms with van der Waals surface area (Å²) in [5, 5.41) is 3.58. The Morgan fingerprint density at radius 2 is 1.88 bits per heavy atom. The molecule has 3 aromatic rings. The van der Waals surface area contributed by atoms with Gasteiger partial charge in [0.1, 0.15) is 11.1 Å². The lowest BCUT2D eigenvalue weighted by atomic mass is 10.1. The number of carbonyl (C=O) groups excluding carboxylic acids is 2. The molecule has 1 aliphatic rings. The molecule has 0 unspecified atom stereocenters. The minimum atomic E-state index is -0.542. The molecule has 0 spiro atoms. The van der Waals surface area contributed by atoms with Gasteiger partial charge in [0.2, 0.25) is 5.43 Å². The van der Waals surface area contributed by atoms with Gasteiger partial charge in [-0.1, -0.05) is 36.5 Å². The van der Waals surface area contributed by atoms with Crippen molar-refractivity contribution in [3.8, 4) is 0 Å². The molecule has 1 saturated heterocycles. The Bertz CT molecular complexity index is 1240. The number of pyridine rings is 1. The smallest absolute Gasteiger partial charge is 0.259 e.